The summed E-state index contributed by atoms with van der Waals surface area (Å²) >= 11 is 0. The van der Waals surface area contributed by atoms with Gasteiger partial charge in [-0.3, -0.25) is 15.5 Å². The van der Waals surface area contributed by atoms with Gasteiger partial charge in [0.2, 0.25) is 5.71 Å². The maximum Gasteiger partial charge on any atom is 0.227 e. The van der Waals surface area contributed by atoms with E-state index in [0.29, 0.717) is 40.6 Å². The monoisotopic (exact) mass is 1370 g/mol. The van der Waals surface area contributed by atoms with Crippen molar-refractivity contribution in [2.75, 3.05) is 29.4 Å². The summed E-state index contributed by atoms with van der Waals surface area (Å²) in [6.07, 6.45) is 12.2. The van der Waals surface area contributed by atoms with E-state index in [1.807, 2.05) is 74.8 Å². The Kier molecular flexibility index (Phi) is 19.5. The van der Waals surface area contributed by atoms with Gasteiger partial charge in [-0.25, -0.2) is 15.0 Å². The highest BCUT2D eigenvalue weighted by Crippen LogP contribution is 2.56. The van der Waals surface area contributed by atoms with Crippen LogP contribution in [0, 0.1) is 52.4 Å². The number of benzene rings is 5. The van der Waals surface area contributed by atoms with Crippen molar-refractivity contribution in [3.63, 3.8) is 0 Å². The molecule has 0 radical (unpaired) electrons. The van der Waals surface area contributed by atoms with E-state index in [1.54, 1.807) is 26.2 Å². The second-order valence-electron chi connectivity index (χ2n) is 34.7. The van der Waals surface area contributed by atoms with Gasteiger partial charge in [0.15, 0.2) is 17.2 Å². The molecule has 6 atom stereocenters. The first-order valence-electron chi connectivity index (χ1n) is 40.6. The number of nitrogens with one attached hydrogen (secondary N) is 2. The Morgan fingerprint density at radius 1 is 0.495 bits per heavy atom. The summed E-state index contributed by atoms with van der Waals surface area (Å²) in [6.45, 7) is 53.7. The number of hydrogen-bond donors (Lipinski definition) is 2. The summed E-state index contributed by atoms with van der Waals surface area (Å²) < 4.78 is 55.9. The number of aromatic nitrogens is 3. The van der Waals surface area contributed by atoms with Crippen LogP contribution >= 0.6 is 0 Å². The summed E-state index contributed by atoms with van der Waals surface area (Å²) in [5, 5.41) is 8.77. The quantitative estimate of drug-likeness (QED) is 0.166. The largest absolute Gasteiger partial charge is 0.435 e. The van der Waals surface area contributed by atoms with Crippen LogP contribution in [0.5, 0.6) is 0 Å². The van der Waals surface area contributed by atoms with E-state index in [1.165, 1.54) is 85.6 Å². The van der Waals surface area contributed by atoms with Crippen molar-refractivity contribution in [3.05, 3.63) is 167 Å². The molecule has 0 bridgehead atoms. The standard InChI is InChI=1S/C22H23N5O.C19H29N.2C16H26N2.C16H25N/c1-12(2)26-15(5)27(21-20(26)23-10-11-24-21)18-13(3)6-8-16-17-9-7-14(4)25-22(17)28-19(16)18;1-15-10-6-7-11-17(15)20-16(2)19(14-18(20,3)4)12-8-5-9-13-19;2*1-12-9-7-8-10-14(12)18-13(2)17-15(3,4)11-16(18,5)6;1-12-9-7-8-10-14(12)17-13(2)15(3,4)11-16(17,5)6/h6-12,15H,1-5H3;6-7,10-11,16H,5,8-9,12-14H2,1-4H3;2*7-10,13,17H,11H2,1-6H3;7-10,13H,11H2,1-6H3/i12D;;3D3,11D2;;. The lowest BCUT2D eigenvalue weighted by molar-refractivity contribution is 0.170. The first kappa shape index (κ1) is 68.3. The third kappa shape index (κ3) is 15.6. The van der Waals surface area contributed by atoms with Crippen LogP contribution in [0.4, 0.5) is 40.1 Å². The molecule has 5 aromatic carbocycles. The molecule has 1 saturated carbocycles. The normalized spacial score (nSPS) is 26.4. The van der Waals surface area contributed by atoms with E-state index in [0.717, 1.165) is 56.8 Å². The number of fused-ring (bicyclic) bond motifs is 4. The molecule has 1 spiro atoms. The molecule has 546 valence electrons. The molecule has 3 aromatic heterocycles. The predicted molar refractivity (Wildman–Crippen MR) is 433 cm³/mol. The number of nitrogens with zero attached hydrogens (tertiary/aromatic N) is 9. The summed E-state index contributed by atoms with van der Waals surface area (Å²) in [7, 11) is 0. The van der Waals surface area contributed by atoms with Crippen LogP contribution in [0.3, 0.4) is 0 Å². The van der Waals surface area contributed by atoms with Crippen LogP contribution in [-0.4, -0.2) is 84.8 Å². The van der Waals surface area contributed by atoms with Crippen LogP contribution in [0.15, 0.2) is 138 Å². The van der Waals surface area contributed by atoms with Crippen LogP contribution in [0.25, 0.3) is 22.1 Å². The topological polar surface area (TPSA) is 95.3 Å². The van der Waals surface area contributed by atoms with E-state index < -0.39 is 30.3 Å². The second kappa shape index (κ2) is 28.8. The Morgan fingerprint density at radius 2 is 0.941 bits per heavy atom. The third-order valence-electron chi connectivity index (χ3n) is 23.1. The van der Waals surface area contributed by atoms with Crippen molar-refractivity contribution < 1.29 is 12.6 Å². The van der Waals surface area contributed by atoms with Gasteiger partial charge in [-0.15, -0.1) is 0 Å². The number of hydrogen-bond acceptors (Lipinski definition) is 12. The summed E-state index contributed by atoms with van der Waals surface area (Å²) in [4.78, 5) is 27.7. The highest BCUT2D eigenvalue weighted by Gasteiger charge is 2.54. The molecule has 14 rings (SSSR count). The smallest absolute Gasteiger partial charge is 0.227 e. The minimum atomic E-state index is -2.46. The number of aryl methyl sites for hydroxylation is 6. The van der Waals surface area contributed by atoms with E-state index >= 15 is 0 Å². The SMILES string of the molecule is Cc1ccccc1N1C(C)C(C)(C)CC1(C)C.Cc1ccccc1N1C(C)C2(CCCCC2)CC1(C)C.Cc1ccccc1N1C(C)NC(C)(C)CC1(C)C.[2H]C(C)(C)N1c2nccnc2N(c2c(C)ccc3c2oc2nc(C)ccc23)C1C.[2H]C([2H])([2H])C1(C)NC(C)N(c2ccccc2C)C(C)(C)C1([2H])[2H]. The van der Waals surface area contributed by atoms with Crippen LogP contribution in [-0.2, 0) is 0 Å². The first-order chi connectivity index (χ1) is 49.5. The fraction of sp³-hybridized carbons (Fsp3) is 0.562. The first-order valence-corrected chi connectivity index (χ1v) is 37.6. The van der Waals surface area contributed by atoms with Crippen molar-refractivity contribution >= 4 is 62.1 Å². The maximum absolute atomic E-state index is 8.68. The Balaban J connectivity index is 0.000000145. The number of pyridine rings is 1. The Morgan fingerprint density at radius 3 is 1.42 bits per heavy atom. The van der Waals surface area contributed by atoms with Crippen molar-refractivity contribution in [2.45, 2.75) is 314 Å². The molecule has 8 heterocycles. The summed E-state index contributed by atoms with van der Waals surface area (Å²) in [5.74, 6) is 1.45. The van der Waals surface area contributed by atoms with Gasteiger partial charge in [0.25, 0.3) is 0 Å². The summed E-state index contributed by atoms with van der Waals surface area (Å²) in [5.41, 5.74) is 13.8. The number of furan rings is 1. The number of anilines is 7. The number of para-hydroxylation sites is 4. The lowest BCUT2D eigenvalue weighted by atomic mass is 9.68. The lowest BCUT2D eigenvalue weighted by Gasteiger charge is -2.55. The molecule has 2 N–H and O–H groups in total. The minimum absolute atomic E-state index is 0.146. The molecule has 1 aliphatic carbocycles. The Labute approximate surface area is 619 Å². The molecule has 5 aliphatic heterocycles. The molecule has 0 amide bonds. The van der Waals surface area contributed by atoms with Crippen LogP contribution in [0.1, 0.15) is 245 Å². The van der Waals surface area contributed by atoms with Gasteiger partial charge in [0.05, 0.1) is 19.4 Å². The van der Waals surface area contributed by atoms with Gasteiger partial charge in [-0.2, -0.15) is 0 Å². The van der Waals surface area contributed by atoms with Crippen molar-refractivity contribution in [2.24, 2.45) is 10.8 Å². The molecule has 4 saturated heterocycles. The van der Waals surface area contributed by atoms with E-state index in [4.69, 9.17) is 12.6 Å². The molecule has 5 fully saturated rings. The van der Waals surface area contributed by atoms with Crippen molar-refractivity contribution in [3.8, 4) is 0 Å². The van der Waals surface area contributed by atoms with Crippen molar-refractivity contribution in [1.29, 1.82) is 0 Å². The zero-order chi connectivity index (χ0) is 79.1. The molecular weight excluding hydrogens is 1240 g/mol. The molecule has 8 aromatic rings. The molecular formula is C89H129N11O. The highest BCUT2D eigenvalue weighted by molar-refractivity contribution is 6.09. The second-order valence-corrected chi connectivity index (χ2v) is 34.7. The van der Waals surface area contributed by atoms with Crippen molar-refractivity contribution in [1.82, 2.24) is 25.6 Å². The van der Waals surface area contributed by atoms with Gasteiger partial charge in [-0.1, -0.05) is 118 Å². The van der Waals surface area contributed by atoms with E-state index in [-0.39, 0.29) is 34.5 Å². The zero-order valence-electron chi connectivity index (χ0n) is 72.7. The van der Waals surface area contributed by atoms with Gasteiger partial charge in [-0.05, 0) is 287 Å². The fourth-order valence-electron chi connectivity index (χ4n) is 19.7. The minimum Gasteiger partial charge on any atom is -0.435 e. The highest BCUT2D eigenvalue weighted by atomic mass is 16.3. The lowest BCUT2D eigenvalue weighted by Crippen LogP contribution is -2.67. The van der Waals surface area contributed by atoms with Crippen LogP contribution < -0.4 is 40.0 Å². The Bertz CT molecular complexity index is 4450. The number of rotatable bonds is 6. The summed E-state index contributed by atoms with van der Waals surface area (Å²) in [6, 6.07) is 42.7. The molecule has 6 unspecified atom stereocenters. The molecule has 12 nitrogen and oxygen atoms in total. The van der Waals surface area contributed by atoms with Crippen LogP contribution in [0.2, 0.25) is 0 Å². The molecule has 101 heavy (non-hydrogen) atoms. The predicted octanol–water partition coefficient (Wildman–Crippen LogP) is 22.2. The van der Waals surface area contributed by atoms with Gasteiger partial charge in [0.1, 0.15) is 6.17 Å². The maximum atomic E-state index is 8.68. The average Bonchev–Trinajstić information content (AvgIpc) is 1.66. The average molecular weight is 1380 g/mol. The van der Waals surface area contributed by atoms with E-state index in [9.17, 15) is 0 Å². The third-order valence-corrected chi connectivity index (χ3v) is 23.1. The zero-order valence-corrected chi connectivity index (χ0v) is 66.7. The molecule has 12 heteroatoms. The fourth-order valence-corrected chi connectivity index (χ4v) is 19.7. The van der Waals surface area contributed by atoms with Gasteiger partial charge >= 0.3 is 0 Å². The van der Waals surface area contributed by atoms with Gasteiger partial charge in [0, 0.05) is 110 Å². The van der Waals surface area contributed by atoms with E-state index in [2.05, 4.69) is 261 Å². The molecule has 6 aliphatic rings. The van der Waals surface area contributed by atoms with Gasteiger partial charge < -0.3 is 28.9 Å². The Hall–Kier alpha value is -7.15.